The van der Waals surface area contributed by atoms with Crippen LogP contribution in [0.2, 0.25) is 0 Å². The van der Waals surface area contributed by atoms with Crippen molar-refractivity contribution >= 4 is 12.2 Å². The van der Waals surface area contributed by atoms with Crippen molar-refractivity contribution in [3.05, 3.63) is 20.8 Å². The minimum Gasteiger partial charge on any atom is -0.490 e. The Kier molecular flexibility index (Phi) is 4.62. The van der Waals surface area contributed by atoms with Crippen molar-refractivity contribution in [2.45, 2.75) is 13.2 Å². The predicted molar refractivity (Wildman–Crippen MR) is 60.5 cm³/mol. The van der Waals surface area contributed by atoms with E-state index in [1.54, 1.807) is 0 Å². The number of aromatic nitrogens is 2. The molecule has 0 unspecified atom stereocenters. The van der Waals surface area contributed by atoms with Gasteiger partial charge in [-0.2, -0.15) is 5.48 Å². The highest BCUT2D eigenvalue weighted by molar-refractivity contribution is 7.71. The maximum atomic E-state index is 11.9. The minimum absolute atomic E-state index is 0.131. The van der Waals surface area contributed by atoms with E-state index in [0.717, 1.165) is 0 Å². The standard InChI is InChI=1S/C8H14N4O3S/c1-14-6-5(3-9)11-8(16)12(7(6)13)4-10-15-2/h10H,3-4,9H2,1-2H3,(H,11,16). The van der Waals surface area contributed by atoms with Gasteiger partial charge in [-0.1, -0.05) is 0 Å². The average molecular weight is 246 g/mol. The van der Waals surface area contributed by atoms with Crippen LogP contribution in [0.25, 0.3) is 0 Å². The van der Waals surface area contributed by atoms with Crippen molar-refractivity contribution in [1.29, 1.82) is 0 Å². The van der Waals surface area contributed by atoms with Crippen molar-refractivity contribution in [1.82, 2.24) is 15.0 Å². The normalized spacial score (nSPS) is 10.4. The Morgan fingerprint density at radius 3 is 2.75 bits per heavy atom. The molecule has 0 atom stereocenters. The van der Waals surface area contributed by atoms with E-state index in [9.17, 15) is 4.79 Å². The van der Waals surface area contributed by atoms with Crippen molar-refractivity contribution in [3.8, 4) is 5.75 Å². The second-order valence-electron chi connectivity index (χ2n) is 2.89. The molecule has 0 spiro atoms. The molecule has 1 aromatic heterocycles. The van der Waals surface area contributed by atoms with E-state index >= 15 is 0 Å². The van der Waals surface area contributed by atoms with Gasteiger partial charge in [-0.15, -0.1) is 0 Å². The van der Waals surface area contributed by atoms with Gasteiger partial charge in [0.15, 0.2) is 4.77 Å². The molecule has 1 aromatic rings. The van der Waals surface area contributed by atoms with E-state index in [0.29, 0.717) is 5.69 Å². The van der Waals surface area contributed by atoms with Gasteiger partial charge in [-0.05, 0) is 12.2 Å². The number of aromatic amines is 1. The van der Waals surface area contributed by atoms with Crippen LogP contribution < -0.4 is 21.5 Å². The van der Waals surface area contributed by atoms with E-state index in [2.05, 4.69) is 15.3 Å². The van der Waals surface area contributed by atoms with Crippen molar-refractivity contribution in [2.24, 2.45) is 5.73 Å². The zero-order valence-electron chi connectivity index (χ0n) is 9.07. The van der Waals surface area contributed by atoms with E-state index < -0.39 is 0 Å². The van der Waals surface area contributed by atoms with Gasteiger partial charge in [0.25, 0.3) is 5.56 Å². The molecule has 1 rings (SSSR count). The first-order valence-electron chi connectivity index (χ1n) is 4.51. The van der Waals surface area contributed by atoms with Gasteiger partial charge in [0.1, 0.15) is 6.67 Å². The molecule has 0 bridgehead atoms. The summed E-state index contributed by atoms with van der Waals surface area (Å²) in [6, 6.07) is 0. The van der Waals surface area contributed by atoms with Crippen molar-refractivity contribution < 1.29 is 9.57 Å². The van der Waals surface area contributed by atoms with E-state index in [-0.39, 0.29) is 29.3 Å². The summed E-state index contributed by atoms with van der Waals surface area (Å²) in [5, 5.41) is 0. The molecule has 4 N–H and O–H groups in total. The highest BCUT2D eigenvalue weighted by atomic mass is 32.1. The lowest BCUT2D eigenvalue weighted by molar-refractivity contribution is 0.0685. The first-order chi connectivity index (χ1) is 7.65. The summed E-state index contributed by atoms with van der Waals surface area (Å²) >= 11 is 5.01. The first-order valence-corrected chi connectivity index (χ1v) is 4.92. The molecule has 8 heteroatoms. The van der Waals surface area contributed by atoms with Crippen LogP contribution in [-0.4, -0.2) is 23.8 Å². The molecule has 1 heterocycles. The van der Waals surface area contributed by atoms with Gasteiger partial charge in [0, 0.05) is 6.54 Å². The van der Waals surface area contributed by atoms with Crippen LogP contribution in [0.3, 0.4) is 0 Å². The zero-order valence-corrected chi connectivity index (χ0v) is 9.89. The Morgan fingerprint density at radius 1 is 1.56 bits per heavy atom. The largest absolute Gasteiger partial charge is 0.490 e. The fourth-order valence-electron chi connectivity index (χ4n) is 1.22. The second kappa shape index (κ2) is 5.75. The summed E-state index contributed by atoms with van der Waals surface area (Å²) in [5.41, 5.74) is 8.12. The molecule has 0 aliphatic heterocycles. The van der Waals surface area contributed by atoms with Crippen LogP contribution in [-0.2, 0) is 18.1 Å². The number of methoxy groups -OCH3 is 1. The number of H-pyrrole nitrogens is 1. The Bertz CT molecular complexity index is 467. The third-order valence-corrected chi connectivity index (χ3v) is 2.31. The summed E-state index contributed by atoms with van der Waals surface area (Å²) in [6.45, 7) is 0.284. The maximum Gasteiger partial charge on any atom is 0.298 e. The van der Waals surface area contributed by atoms with E-state index in [1.807, 2.05) is 0 Å². The highest BCUT2D eigenvalue weighted by Gasteiger charge is 2.11. The molecule has 16 heavy (non-hydrogen) atoms. The number of rotatable bonds is 5. The third-order valence-electron chi connectivity index (χ3n) is 1.99. The lowest BCUT2D eigenvalue weighted by Gasteiger charge is -2.11. The summed E-state index contributed by atoms with van der Waals surface area (Å²) < 4.78 is 6.52. The fraction of sp³-hybridized carbons (Fsp3) is 0.500. The van der Waals surface area contributed by atoms with Crippen LogP contribution in [0.4, 0.5) is 0 Å². The molecular formula is C8H14N4O3S. The van der Waals surface area contributed by atoms with Crippen LogP contribution in [0.1, 0.15) is 5.69 Å². The topological polar surface area (TPSA) is 94.3 Å². The van der Waals surface area contributed by atoms with Crippen LogP contribution in [0.15, 0.2) is 4.79 Å². The highest BCUT2D eigenvalue weighted by Crippen LogP contribution is 2.08. The monoisotopic (exact) mass is 246 g/mol. The molecule has 0 fully saturated rings. The Morgan fingerprint density at radius 2 is 2.25 bits per heavy atom. The van der Waals surface area contributed by atoms with Crippen LogP contribution in [0, 0.1) is 4.77 Å². The number of hydroxylamine groups is 1. The van der Waals surface area contributed by atoms with Gasteiger partial charge in [-0.25, -0.2) is 0 Å². The third kappa shape index (κ3) is 2.47. The van der Waals surface area contributed by atoms with Gasteiger partial charge in [0.2, 0.25) is 5.75 Å². The van der Waals surface area contributed by atoms with E-state index in [1.165, 1.54) is 18.8 Å². The van der Waals surface area contributed by atoms with Crippen molar-refractivity contribution in [2.75, 3.05) is 14.2 Å². The Labute approximate surface area is 97.1 Å². The Hall–Kier alpha value is -1.22. The minimum atomic E-state index is -0.351. The molecule has 0 amide bonds. The summed E-state index contributed by atoms with van der Waals surface area (Å²) in [5.74, 6) is 0.161. The Balaban J connectivity index is 3.30. The molecule has 0 radical (unpaired) electrons. The van der Waals surface area contributed by atoms with Crippen LogP contribution >= 0.6 is 12.2 Å². The molecule has 0 aliphatic rings. The number of nitrogens with zero attached hydrogens (tertiary/aromatic N) is 1. The summed E-state index contributed by atoms with van der Waals surface area (Å²) in [7, 11) is 2.85. The number of nitrogens with two attached hydrogens (primary N) is 1. The lowest BCUT2D eigenvalue weighted by Crippen LogP contribution is -2.31. The number of hydrogen-bond donors (Lipinski definition) is 3. The second-order valence-corrected chi connectivity index (χ2v) is 3.27. The quantitative estimate of drug-likeness (QED) is 0.478. The van der Waals surface area contributed by atoms with Gasteiger partial charge < -0.3 is 20.3 Å². The van der Waals surface area contributed by atoms with Crippen molar-refractivity contribution in [3.63, 3.8) is 0 Å². The molecular weight excluding hydrogens is 232 g/mol. The SMILES string of the molecule is CONCn1c(=S)[nH]c(CN)c(OC)c1=O. The number of nitrogens with one attached hydrogen (secondary N) is 2. The maximum absolute atomic E-state index is 11.9. The van der Waals surface area contributed by atoms with Gasteiger partial charge in [0.05, 0.1) is 19.9 Å². The van der Waals surface area contributed by atoms with Gasteiger partial charge in [-0.3, -0.25) is 9.36 Å². The molecule has 0 saturated carbocycles. The number of hydrogen-bond acceptors (Lipinski definition) is 6. The van der Waals surface area contributed by atoms with Gasteiger partial charge >= 0.3 is 0 Å². The lowest BCUT2D eigenvalue weighted by atomic mass is 10.3. The molecule has 90 valence electrons. The summed E-state index contributed by atoms with van der Waals surface area (Å²) in [4.78, 5) is 19.4. The average Bonchev–Trinajstić information content (AvgIpc) is 2.28. The smallest absolute Gasteiger partial charge is 0.298 e. The first kappa shape index (κ1) is 12.8. The zero-order chi connectivity index (χ0) is 12.1. The molecule has 7 nitrogen and oxygen atoms in total. The van der Waals surface area contributed by atoms with Crippen LogP contribution in [0.5, 0.6) is 5.75 Å². The van der Waals surface area contributed by atoms with E-state index in [4.69, 9.17) is 22.7 Å². The predicted octanol–water partition coefficient (Wildman–Crippen LogP) is -0.518. The fourth-order valence-corrected chi connectivity index (χ4v) is 1.49. The number of ether oxygens (including phenoxy) is 1. The molecule has 0 aliphatic carbocycles. The summed E-state index contributed by atoms with van der Waals surface area (Å²) in [6.07, 6.45) is 0. The molecule has 0 aromatic carbocycles. The molecule has 0 saturated heterocycles.